The molecule has 2 N–H and O–H groups in total. The second kappa shape index (κ2) is 11.5. The highest BCUT2D eigenvalue weighted by Gasteiger charge is 2.40. The van der Waals surface area contributed by atoms with Crippen LogP contribution >= 0.6 is 24.0 Å². The Labute approximate surface area is 204 Å². The maximum absolute atomic E-state index is 12.1. The molecule has 31 heavy (non-hydrogen) atoms. The molecule has 0 spiro atoms. The van der Waals surface area contributed by atoms with Crippen molar-refractivity contribution in [3.63, 3.8) is 0 Å². The predicted octanol–water partition coefficient (Wildman–Crippen LogP) is 3.08. The number of carbonyl (C=O) groups excluding carboxylic acids is 1. The molecular formula is C24H38IN5O. The van der Waals surface area contributed by atoms with Gasteiger partial charge in [-0.3, -0.25) is 9.69 Å². The summed E-state index contributed by atoms with van der Waals surface area (Å²) in [4.78, 5) is 20.9. The van der Waals surface area contributed by atoms with E-state index < -0.39 is 0 Å². The Hall–Kier alpha value is -1.35. The third kappa shape index (κ3) is 6.81. The first kappa shape index (κ1) is 24.3. The zero-order chi connectivity index (χ0) is 20.9. The molecule has 1 aromatic rings. The lowest BCUT2D eigenvalue weighted by atomic mass is 9.95. The Morgan fingerprint density at radius 2 is 1.81 bits per heavy atom. The number of nitrogens with zero attached hydrogens (tertiary/aromatic N) is 3. The van der Waals surface area contributed by atoms with Crippen LogP contribution in [0, 0.1) is 11.8 Å². The van der Waals surface area contributed by atoms with Crippen molar-refractivity contribution in [1.29, 1.82) is 0 Å². The van der Waals surface area contributed by atoms with Gasteiger partial charge in [-0.2, -0.15) is 0 Å². The van der Waals surface area contributed by atoms with Crippen LogP contribution in [0.4, 0.5) is 0 Å². The fourth-order valence-corrected chi connectivity index (χ4v) is 5.29. The largest absolute Gasteiger partial charge is 0.354 e. The number of likely N-dealkylation sites (tertiary alicyclic amines) is 1. The Kier molecular flexibility index (Phi) is 9.01. The molecule has 1 aliphatic heterocycles. The molecule has 0 aromatic heterocycles. The summed E-state index contributed by atoms with van der Waals surface area (Å²) in [6.45, 7) is 3.40. The molecule has 3 unspecified atom stereocenters. The van der Waals surface area contributed by atoms with Crippen molar-refractivity contribution >= 4 is 35.8 Å². The summed E-state index contributed by atoms with van der Waals surface area (Å²) in [6.07, 6.45) is 7.55. The number of carbonyl (C=O) groups is 1. The molecule has 1 amide bonds. The van der Waals surface area contributed by atoms with E-state index in [0.29, 0.717) is 12.1 Å². The molecule has 2 bridgehead atoms. The molecule has 1 heterocycles. The predicted molar refractivity (Wildman–Crippen MR) is 137 cm³/mol. The summed E-state index contributed by atoms with van der Waals surface area (Å²) in [6, 6.07) is 11.6. The van der Waals surface area contributed by atoms with E-state index in [2.05, 4.69) is 50.9 Å². The van der Waals surface area contributed by atoms with Crippen molar-refractivity contribution in [3.8, 4) is 0 Å². The number of amides is 1. The number of aliphatic imine (C=N–C) groups is 1. The average molecular weight is 540 g/mol. The van der Waals surface area contributed by atoms with Crippen molar-refractivity contribution in [3.05, 3.63) is 35.9 Å². The van der Waals surface area contributed by atoms with Crippen molar-refractivity contribution < 1.29 is 4.79 Å². The van der Waals surface area contributed by atoms with Gasteiger partial charge >= 0.3 is 0 Å². The maximum atomic E-state index is 12.1. The van der Waals surface area contributed by atoms with E-state index in [1.807, 2.05) is 0 Å². The van der Waals surface area contributed by atoms with Gasteiger partial charge in [0, 0.05) is 45.8 Å². The number of fused-ring (bicyclic) bond motifs is 2. The molecule has 3 aliphatic rings. The second-order valence-corrected chi connectivity index (χ2v) is 9.56. The molecule has 2 saturated carbocycles. The van der Waals surface area contributed by atoms with Crippen LogP contribution in [0.5, 0.6) is 0 Å². The van der Waals surface area contributed by atoms with Gasteiger partial charge in [0.05, 0.1) is 0 Å². The van der Waals surface area contributed by atoms with Crippen LogP contribution in [0.1, 0.15) is 44.1 Å². The van der Waals surface area contributed by atoms with Crippen LogP contribution < -0.4 is 10.6 Å². The number of halogens is 1. The molecule has 1 aromatic carbocycles. The van der Waals surface area contributed by atoms with Gasteiger partial charge in [0.25, 0.3) is 0 Å². The Morgan fingerprint density at radius 3 is 2.42 bits per heavy atom. The standard InChI is InChI=1S/C24H37N5O.HI/c1-28(2)23(30)16-25-24(27-22-15-19-8-9-20(22)14-19)26-21-10-12-29(13-11-21)17-18-6-4-3-5-7-18;/h3-7,19-22H,8-17H2,1-2H3,(H2,25,26,27);1H. The fourth-order valence-electron chi connectivity index (χ4n) is 5.29. The summed E-state index contributed by atoms with van der Waals surface area (Å²) < 4.78 is 0. The summed E-state index contributed by atoms with van der Waals surface area (Å²) >= 11 is 0. The number of likely N-dealkylation sites (N-methyl/N-ethyl adjacent to an activating group) is 1. The van der Waals surface area contributed by atoms with Crippen molar-refractivity contribution in [2.45, 2.75) is 57.2 Å². The minimum Gasteiger partial charge on any atom is -0.354 e. The lowest BCUT2D eigenvalue weighted by molar-refractivity contribution is -0.127. The monoisotopic (exact) mass is 539 g/mol. The number of rotatable bonds is 6. The van der Waals surface area contributed by atoms with Crippen molar-refractivity contribution in [2.24, 2.45) is 16.8 Å². The molecule has 172 valence electrons. The van der Waals surface area contributed by atoms with Gasteiger partial charge in [-0.05, 0) is 49.5 Å². The molecule has 0 radical (unpaired) electrons. The van der Waals surface area contributed by atoms with Crippen LogP contribution in [-0.2, 0) is 11.3 Å². The number of hydrogen-bond donors (Lipinski definition) is 2. The van der Waals surface area contributed by atoms with E-state index in [0.717, 1.165) is 50.3 Å². The van der Waals surface area contributed by atoms with Crippen molar-refractivity contribution in [1.82, 2.24) is 20.4 Å². The number of guanidine groups is 1. The first-order valence-corrected chi connectivity index (χ1v) is 11.6. The number of benzene rings is 1. The number of piperidine rings is 1. The maximum Gasteiger partial charge on any atom is 0.243 e. The molecule has 7 heteroatoms. The topological polar surface area (TPSA) is 60.0 Å². The number of nitrogens with one attached hydrogen (secondary N) is 2. The molecular weight excluding hydrogens is 501 g/mol. The minimum absolute atomic E-state index is 0. The minimum atomic E-state index is 0. The highest BCUT2D eigenvalue weighted by Crippen LogP contribution is 2.44. The Bertz CT molecular complexity index is 733. The molecule has 1 saturated heterocycles. The van der Waals surface area contributed by atoms with Gasteiger partial charge in [-0.15, -0.1) is 24.0 Å². The average Bonchev–Trinajstić information content (AvgIpc) is 3.37. The molecule has 4 rings (SSSR count). The van der Waals surface area contributed by atoms with E-state index in [1.54, 1.807) is 19.0 Å². The SMILES string of the molecule is CN(C)C(=O)CN=C(NC1CCN(Cc2ccccc2)CC1)NC1CC2CCC1C2.I. The van der Waals surface area contributed by atoms with E-state index in [1.165, 1.54) is 31.2 Å². The van der Waals surface area contributed by atoms with Gasteiger partial charge < -0.3 is 15.5 Å². The van der Waals surface area contributed by atoms with Gasteiger partial charge in [0.1, 0.15) is 6.54 Å². The third-order valence-electron chi connectivity index (χ3n) is 7.11. The van der Waals surface area contributed by atoms with Crippen LogP contribution in [0.3, 0.4) is 0 Å². The smallest absolute Gasteiger partial charge is 0.243 e. The summed E-state index contributed by atoms with van der Waals surface area (Å²) in [5, 5.41) is 7.36. The van der Waals surface area contributed by atoms with Crippen LogP contribution in [0.2, 0.25) is 0 Å². The zero-order valence-electron chi connectivity index (χ0n) is 18.9. The molecule has 6 nitrogen and oxygen atoms in total. The molecule has 2 aliphatic carbocycles. The van der Waals surface area contributed by atoms with Crippen LogP contribution in [-0.4, -0.2) is 67.5 Å². The van der Waals surface area contributed by atoms with E-state index in [4.69, 9.17) is 0 Å². The lowest BCUT2D eigenvalue weighted by Gasteiger charge is -2.34. The van der Waals surface area contributed by atoms with Crippen molar-refractivity contribution in [2.75, 3.05) is 33.7 Å². The fraction of sp³-hybridized carbons (Fsp3) is 0.667. The highest BCUT2D eigenvalue weighted by molar-refractivity contribution is 14.0. The van der Waals surface area contributed by atoms with Gasteiger partial charge in [0.15, 0.2) is 5.96 Å². The molecule has 3 fully saturated rings. The lowest BCUT2D eigenvalue weighted by Crippen LogP contribution is -2.52. The zero-order valence-corrected chi connectivity index (χ0v) is 21.3. The van der Waals surface area contributed by atoms with Crippen LogP contribution in [0.25, 0.3) is 0 Å². The quantitative estimate of drug-likeness (QED) is 0.332. The normalized spacial score (nSPS) is 26.4. The van der Waals surface area contributed by atoms with Gasteiger partial charge in [-0.25, -0.2) is 4.99 Å². The summed E-state index contributed by atoms with van der Waals surface area (Å²) in [5.74, 6) is 2.55. The van der Waals surface area contributed by atoms with E-state index in [9.17, 15) is 4.79 Å². The van der Waals surface area contributed by atoms with Crippen LogP contribution in [0.15, 0.2) is 35.3 Å². The summed E-state index contributed by atoms with van der Waals surface area (Å²) in [7, 11) is 3.58. The molecule has 3 atom stereocenters. The Balaban J connectivity index is 0.00000272. The first-order valence-electron chi connectivity index (χ1n) is 11.6. The third-order valence-corrected chi connectivity index (χ3v) is 7.11. The highest BCUT2D eigenvalue weighted by atomic mass is 127. The van der Waals surface area contributed by atoms with Gasteiger partial charge in [-0.1, -0.05) is 36.8 Å². The first-order chi connectivity index (χ1) is 14.6. The van der Waals surface area contributed by atoms with E-state index >= 15 is 0 Å². The number of hydrogen-bond acceptors (Lipinski definition) is 3. The Morgan fingerprint density at radius 1 is 1.06 bits per heavy atom. The van der Waals surface area contributed by atoms with E-state index in [-0.39, 0.29) is 36.4 Å². The summed E-state index contributed by atoms with van der Waals surface area (Å²) in [5.41, 5.74) is 1.38. The van der Waals surface area contributed by atoms with Gasteiger partial charge in [0.2, 0.25) is 5.91 Å². The second-order valence-electron chi connectivity index (χ2n) is 9.56.